The molecule has 2 aliphatic rings. The van der Waals surface area contributed by atoms with Crippen LogP contribution < -0.4 is 43.0 Å². The molecule has 87 heavy (non-hydrogen) atoms. The Morgan fingerprint density at radius 3 is 1.31 bits per heavy atom. The third-order valence-electron chi connectivity index (χ3n) is 15.2. The highest BCUT2D eigenvalue weighted by Gasteiger charge is 2.26. The number of hydrogen-bond donors (Lipinski definition) is 8. The van der Waals surface area contributed by atoms with Gasteiger partial charge in [-0.15, -0.1) is 0 Å². The zero-order chi connectivity index (χ0) is 62.3. The Bertz CT molecular complexity index is 3680. The van der Waals surface area contributed by atoms with Crippen molar-refractivity contribution in [3.63, 3.8) is 0 Å². The monoisotopic (exact) mass is 1200 g/mol. The zero-order valence-corrected chi connectivity index (χ0v) is 51.4. The van der Waals surface area contributed by atoms with E-state index in [9.17, 15) is 19.2 Å². The second kappa shape index (κ2) is 29.7. The minimum Gasteiger partial charge on any atom is -0.399 e. The van der Waals surface area contributed by atoms with Crippen LogP contribution in [0, 0.1) is 0 Å². The molecule has 4 aromatic carbocycles. The van der Waals surface area contributed by atoms with Crippen LogP contribution in [0.1, 0.15) is 112 Å². The van der Waals surface area contributed by atoms with Crippen molar-refractivity contribution in [2.75, 3.05) is 71.1 Å². The molecule has 0 aliphatic heterocycles. The topological polar surface area (TPSA) is 272 Å². The number of carbonyl (C=O) groups is 4. The first kappa shape index (κ1) is 63.8. The summed E-state index contributed by atoms with van der Waals surface area (Å²) in [5.74, 6) is 1.59. The quantitative estimate of drug-likeness (QED) is 0.0212. The van der Waals surface area contributed by atoms with E-state index in [1.807, 2.05) is 59.4 Å². The minimum absolute atomic E-state index is 0.182. The Labute approximate surface area is 512 Å². The molecule has 2 aliphatic carbocycles. The number of nitrogens with one attached hydrogen (secondary N) is 7. The molecular weight excluding hydrogens is 1120 g/mol. The van der Waals surface area contributed by atoms with Crippen LogP contribution in [0.2, 0.25) is 0 Å². The van der Waals surface area contributed by atoms with Crippen molar-refractivity contribution in [3.8, 4) is 0 Å². The van der Waals surface area contributed by atoms with E-state index < -0.39 is 5.24 Å². The van der Waals surface area contributed by atoms with Gasteiger partial charge in [0, 0.05) is 81.5 Å². The van der Waals surface area contributed by atoms with Crippen molar-refractivity contribution < 1.29 is 19.2 Å². The van der Waals surface area contributed by atoms with Crippen LogP contribution in [0.15, 0.2) is 135 Å². The average Bonchev–Trinajstić information content (AvgIpc) is 2.41. The molecule has 4 heterocycles. The van der Waals surface area contributed by atoms with E-state index in [1.54, 1.807) is 54.9 Å². The second-order valence-electron chi connectivity index (χ2n) is 22.6. The third kappa shape index (κ3) is 17.5. The molecule has 0 atom stereocenters. The number of rotatable bonds is 19. The van der Waals surface area contributed by atoms with E-state index in [0.717, 1.165) is 80.1 Å². The molecule has 0 unspecified atom stereocenters. The van der Waals surface area contributed by atoms with Crippen molar-refractivity contribution in [1.29, 1.82) is 0 Å². The van der Waals surface area contributed by atoms with Crippen molar-refractivity contribution in [3.05, 3.63) is 146 Å². The number of nitrogens with zero attached hydrogens (tertiary/aromatic N) is 10. The van der Waals surface area contributed by atoms with E-state index in [-0.39, 0.29) is 29.8 Å². The summed E-state index contributed by atoms with van der Waals surface area (Å²) >= 11 is 4.71. The number of fused-ring (bicyclic) bond motifs is 2. The van der Waals surface area contributed by atoms with Crippen LogP contribution in [0.4, 0.5) is 57.7 Å². The normalized spacial score (nSPS) is 16.5. The molecule has 2 saturated carbocycles. The Morgan fingerprint density at radius 2 is 0.943 bits per heavy atom. The lowest BCUT2D eigenvalue weighted by Crippen LogP contribution is -2.36. The molecule has 456 valence electrons. The molecule has 23 heteroatoms. The molecule has 0 saturated heterocycles. The van der Waals surface area contributed by atoms with Crippen molar-refractivity contribution >= 4 is 115 Å². The summed E-state index contributed by atoms with van der Waals surface area (Å²) in [6, 6.07) is 30.7. The van der Waals surface area contributed by atoms with E-state index in [2.05, 4.69) is 131 Å². The largest absolute Gasteiger partial charge is 0.399 e. The van der Waals surface area contributed by atoms with Gasteiger partial charge in [0.15, 0.2) is 34.0 Å². The first-order valence-electron chi connectivity index (χ1n) is 29.2. The molecule has 22 nitrogen and oxygen atoms in total. The molecular formula is C64H79ClN18O4. The zero-order valence-electron chi connectivity index (χ0n) is 50.6. The first-order valence-corrected chi connectivity index (χ1v) is 29.5. The third-order valence-corrected chi connectivity index (χ3v) is 15.3. The predicted octanol–water partition coefficient (Wildman–Crippen LogP) is 12.0. The molecule has 3 amide bonds. The summed E-state index contributed by atoms with van der Waals surface area (Å²) in [6.07, 6.45) is 14.7. The number of amides is 3. The number of halogens is 1. The summed E-state index contributed by atoms with van der Waals surface area (Å²) < 4.78 is 4.10. The maximum atomic E-state index is 12.9. The Hall–Kier alpha value is -9.25. The highest BCUT2D eigenvalue weighted by Crippen LogP contribution is 2.32. The molecule has 0 spiro atoms. The van der Waals surface area contributed by atoms with E-state index in [4.69, 9.17) is 37.3 Å². The van der Waals surface area contributed by atoms with Gasteiger partial charge in [-0.25, -0.2) is 9.97 Å². The van der Waals surface area contributed by atoms with Crippen LogP contribution in [0.5, 0.6) is 0 Å². The molecule has 4 aromatic heterocycles. The van der Waals surface area contributed by atoms with Gasteiger partial charge in [0.05, 0.1) is 12.7 Å². The average molecular weight is 1200 g/mol. The summed E-state index contributed by atoms with van der Waals surface area (Å²) in [5, 5.41) is 22.0. The smallest absolute Gasteiger partial charge is 0.255 e. The Balaban J connectivity index is 0.000000210. The fourth-order valence-electron chi connectivity index (χ4n) is 10.3. The molecule has 0 radical (unpaired) electrons. The molecule has 9 N–H and O–H groups in total. The van der Waals surface area contributed by atoms with Gasteiger partial charge < -0.3 is 61.9 Å². The van der Waals surface area contributed by atoms with Gasteiger partial charge in [-0.2, -0.15) is 19.9 Å². The van der Waals surface area contributed by atoms with Crippen LogP contribution in [-0.4, -0.2) is 124 Å². The number of benzene rings is 4. The van der Waals surface area contributed by atoms with Gasteiger partial charge in [0.25, 0.3) is 11.8 Å². The molecule has 8 aromatic rings. The van der Waals surface area contributed by atoms with Crippen LogP contribution >= 0.6 is 11.6 Å². The summed E-state index contributed by atoms with van der Waals surface area (Å²) in [7, 11) is 8.59. The fraction of sp³-hybridized carbons (Fsp3) is 0.344. The number of hydrogen-bond acceptors (Lipinski definition) is 17. The summed E-state index contributed by atoms with van der Waals surface area (Å²) in [4.78, 5) is 79.9. The van der Waals surface area contributed by atoms with Gasteiger partial charge in [-0.3, -0.25) is 19.2 Å². The standard InChI is InChI=1S/C32H39N9O2.C29H37N9O.C3H3ClO/c1-6-27(42)34-22-12-10-21(11-13-22)31(43)36-25-9-7-8-24(18-25)35-29-28-30(41(19-33-28)20(2)3)39-32(38-29)37-23-14-16-26(17-15-23)40(4)5;1-18(2)38-17-31-25-26(35-29(36-27(25)38)34-21-12-14-24(15-13-21)37(3)4)32-22-6-5-7-23(16-22)33-28(39)19-8-10-20(30)11-9-19;1-2-3(4)5/h6-13,18-20,23,26H,1,14-17H2,2-5H3,(H,34,42)(H,36,43)(H2,35,37,38,39);5-11,16-18,21,24H,12-15,30H2,1-4H3,(H,33,39)(H2,32,34,35,36);2H,1H2. The van der Waals surface area contributed by atoms with Crippen molar-refractivity contribution in [2.45, 2.75) is 115 Å². The van der Waals surface area contributed by atoms with Gasteiger partial charge in [-0.1, -0.05) is 25.3 Å². The SMILES string of the molecule is C=CC(=O)Cl.C=CC(=O)Nc1ccc(C(=O)Nc2cccc(Nc3nc(NC4CCC(N(C)C)CC4)nc4c3ncn4C(C)C)c2)cc1.CC(C)n1cnc2c(Nc3cccc(NC(=O)c4ccc(N)cc4)c3)nc(NC3CCC(N(C)C)CC3)nc21. The molecule has 0 bridgehead atoms. The van der Waals surface area contributed by atoms with Crippen LogP contribution in [0.25, 0.3) is 22.3 Å². The lowest BCUT2D eigenvalue weighted by molar-refractivity contribution is -0.112. The summed E-state index contributed by atoms with van der Waals surface area (Å²) in [5.41, 5.74) is 13.7. The lowest BCUT2D eigenvalue weighted by atomic mass is 9.91. The van der Waals surface area contributed by atoms with Crippen LogP contribution in [-0.2, 0) is 9.59 Å². The number of aromatic nitrogens is 8. The number of nitrogen functional groups attached to an aromatic ring is 1. The highest BCUT2D eigenvalue weighted by atomic mass is 35.5. The van der Waals surface area contributed by atoms with E-state index in [0.29, 0.717) is 92.6 Å². The molecule has 2 fully saturated rings. The highest BCUT2D eigenvalue weighted by molar-refractivity contribution is 6.66. The Morgan fingerprint density at radius 1 is 0.552 bits per heavy atom. The fourth-order valence-corrected chi connectivity index (χ4v) is 10.3. The van der Waals surface area contributed by atoms with Gasteiger partial charge in [0.2, 0.25) is 23.0 Å². The number of nitrogens with two attached hydrogens (primary N) is 1. The number of carbonyl (C=O) groups excluding carboxylic acids is 4. The van der Waals surface area contributed by atoms with Crippen molar-refractivity contribution in [2.24, 2.45) is 0 Å². The van der Waals surface area contributed by atoms with Gasteiger partial charge in [0.1, 0.15) is 0 Å². The predicted molar refractivity (Wildman–Crippen MR) is 351 cm³/mol. The van der Waals surface area contributed by atoms with E-state index >= 15 is 0 Å². The Kier molecular flexibility index (Phi) is 21.8. The number of imidazole rings is 2. The summed E-state index contributed by atoms with van der Waals surface area (Å²) in [6.45, 7) is 14.9. The minimum atomic E-state index is -0.509. The van der Waals surface area contributed by atoms with Crippen molar-refractivity contribution in [1.82, 2.24) is 48.8 Å². The van der Waals surface area contributed by atoms with E-state index in [1.165, 1.54) is 6.08 Å². The van der Waals surface area contributed by atoms with Gasteiger partial charge in [-0.05, 0) is 216 Å². The number of allylic oxidation sites excluding steroid dienone is 1. The first-order chi connectivity index (χ1) is 41.7. The maximum absolute atomic E-state index is 12.9. The number of anilines is 10. The van der Waals surface area contributed by atoms with Crippen LogP contribution in [0.3, 0.4) is 0 Å². The lowest BCUT2D eigenvalue weighted by Gasteiger charge is -2.33. The second-order valence-corrected chi connectivity index (χ2v) is 22.9. The maximum Gasteiger partial charge on any atom is 0.255 e. The molecule has 10 rings (SSSR count). The van der Waals surface area contributed by atoms with Gasteiger partial charge >= 0.3 is 0 Å².